The van der Waals surface area contributed by atoms with E-state index in [2.05, 4.69) is 0 Å². The molecule has 0 radical (unpaired) electrons. The monoisotopic (exact) mass is 294 g/mol. The molecule has 1 fully saturated rings. The van der Waals surface area contributed by atoms with Crippen LogP contribution in [0.4, 0.5) is 0 Å². The molecule has 1 atom stereocenters. The first-order chi connectivity index (χ1) is 9.48. The molecular weight excluding hydrogens is 276 g/mol. The Morgan fingerprint density at radius 2 is 2.25 bits per heavy atom. The zero-order valence-corrected chi connectivity index (χ0v) is 12.5. The maximum Gasteiger partial charge on any atom is 0.243 e. The lowest BCUT2D eigenvalue weighted by Gasteiger charge is -2.31. The number of sulfonamides is 1. The molecular formula is C14H18N2O3S. The van der Waals surface area contributed by atoms with Crippen molar-refractivity contribution in [3.8, 4) is 6.07 Å². The molecule has 1 unspecified atom stereocenters. The van der Waals surface area contributed by atoms with Crippen molar-refractivity contribution >= 4 is 10.0 Å². The molecule has 1 aliphatic heterocycles. The molecule has 6 heteroatoms. The Morgan fingerprint density at radius 1 is 1.50 bits per heavy atom. The van der Waals surface area contributed by atoms with Crippen LogP contribution in [-0.4, -0.2) is 38.5 Å². The summed E-state index contributed by atoms with van der Waals surface area (Å²) in [5, 5.41) is 8.90. The van der Waals surface area contributed by atoms with Gasteiger partial charge in [-0.05, 0) is 37.1 Å². The predicted molar refractivity (Wildman–Crippen MR) is 74.7 cm³/mol. The third kappa shape index (κ3) is 2.85. The van der Waals surface area contributed by atoms with E-state index in [4.69, 9.17) is 10.00 Å². The average Bonchev–Trinajstić information content (AvgIpc) is 2.47. The lowest BCUT2D eigenvalue weighted by atomic mass is 10.1. The first-order valence-electron chi connectivity index (χ1n) is 6.61. The molecule has 1 aliphatic rings. The number of morpholine rings is 1. The van der Waals surface area contributed by atoms with E-state index in [-0.39, 0.29) is 11.0 Å². The smallest absolute Gasteiger partial charge is 0.243 e. The van der Waals surface area contributed by atoms with Gasteiger partial charge in [0.2, 0.25) is 10.0 Å². The van der Waals surface area contributed by atoms with Crippen LogP contribution in [0, 0.1) is 18.3 Å². The second kappa shape index (κ2) is 5.92. The van der Waals surface area contributed by atoms with Crippen LogP contribution in [0.5, 0.6) is 0 Å². The van der Waals surface area contributed by atoms with E-state index in [0.717, 1.165) is 6.42 Å². The Labute approximate surface area is 119 Å². The van der Waals surface area contributed by atoms with E-state index < -0.39 is 10.0 Å². The fourth-order valence-electron chi connectivity index (χ4n) is 2.23. The minimum absolute atomic E-state index is 0.0435. The summed E-state index contributed by atoms with van der Waals surface area (Å²) in [6, 6.07) is 6.65. The summed E-state index contributed by atoms with van der Waals surface area (Å²) in [5.74, 6) is 0. The van der Waals surface area contributed by atoms with Gasteiger partial charge in [0.25, 0.3) is 0 Å². The normalized spacial score (nSPS) is 20.6. The van der Waals surface area contributed by atoms with E-state index >= 15 is 0 Å². The number of aryl methyl sites for hydroxylation is 1. The Morgan fingerprint density at radius 3 is 2.85 bits per heavy atom. The molecule has 0 bridgehead atoms. The number of hydrogen-bond donors (Lipinski definition) is 0. The van der Waals surface area contributed by atoms with Crippen LogP contribution in [0.3, 0.4) is 0 Å². The lowest BCUT2D eigenvalue weighted by Crippen LogP contribution is -2.45. The zero-order valence-electron chi connectivity index (χ0n) is 11.7. The molecule has 0 spiro atoms. The molecule has 0 amide bonds. The Bertz CT molecular complexity index is 634. The van der Waals surface area contributed by atoms with Crippen molar-refractivity contribution in [3.63, 3.8) is 0 Å². The van der Waals surface area contributed by atoms with Gasteiger partial charge in [0.15, 0.2) is 0 Å². The highest BCUT2D eigenvalue weighted by Gasteiger charge is 2.30. The van der Waals surface area contributed by atoms with Crippen molar-refractivity contribution in [1.82, 2.24) is 4.31 Å². The van der Waals surface area contributed by atoms with E-state index in [1.807, 2.05) is 13.0 Å². The van der Waals surface area contributed by atoms with Crippen LogP contribution < -0.4 is 0 Å². The van der Waals surface area contributed by atoms with Gasteiger partial charge < -0.3 is 4.74 Å². The number of nitrogens with zero attached hydrogens (tertiary/aromatic N) is 2. The third-order valence-corrected chi connectivity index (χ3v) is 5.37. The van der Waals surface area contributed by atoms with Gasteiger partial charge in [-0.25, -0.2) is 8.42 Å². The fourth-order valence-corrected chi connectivity index (χ4v) is 3.77. The van der Waals surface area contributed by atoms with Crippen LogP contribution in [-0.2, 0) is 14.8 Å². The summed E-state index contributed by atoms with van der Waals surface area (Å²) in [6.45, 7) is 4.90. The third-order valence-electron chi connectivity index (χ3n) is 3.51. The Balaban J connectivity index is 2.31. The van der Waals surface area contributed by atoms with Crippen LogP contribution in [0.25, 0.3) is 0 Å². The summed E-state index contributed by atoms with van der Waals surface area (Å²) >= 11 is 0. The Kier molecular flexibility index (Phi) is 4.43. The van der Waals surface area contributed by atoms with Gasteiger partial charge in [-0.3, -0.25) is 0 Å². The summed E-state index contributed by atoms with van der Waals surface area (Å²) < 4.78 is 32.1. The average molecular weight is 294 g/mol. The highest BCUT2D eigenvalue weighted by atomic mass is 32.2. The standard InChI is InChI=1S/C14H18N2O3S/c1-3-13-10-16(6-7-19-13)20(17,18)14-5-4-12(9-15)11(2)8-14/h4-5,8,13H,3,6-7,10H2,1-2H3. The first-order valence-corrected chi connectivity index (χ1v) is 8.05. The SMILES string of the molecule is CCC1CN(S(=O)(=O)c2ccc(C#N)c(C)c2)CCO1. The second-order valence-corrected chi connectivity index (χ2v) is 6.79. The van der Waals surface area contributed by atoms with Crippen molar-refractivity contribution in [1.29, 1.82) is 5.26 Å². The molecule has 1 heterocycles. The van der Waals surface area contributed by atoms with Crippen molar-refractivity contribution in [3.05, 3.63) is 29.3 Å². The molecule has 0 N–H and O–H groups in total. The molecule has 1 aromatic carbocycles. The molecule has 0 aromatic heterocycles. The van der Waals surface area contributed by atoms with Crippen LogP contribution in [0.15, 0.2) is 23.1 Å². The van der Waals surface area contributed by atoms with Crippen molar-refractivity contribution in [2.75, 3.05) is 19.7 Å². The lowest BCUT2D eigenvalue weighted by molar-refractivity contribution is -0.00277. The van der Waals surface area contributed by atoms with Gasteiger partial charge in [-0.1, -0.05) is 6.92 Å². The van der Waals surface area contributed by atoms with Gasteiger partial charge in [0.05, 0.1) is 29.2 Å². The highest BCUT2D eigenvalue weighted by molar-refractivity contribution is 7.89. The first kappa shape index (κ1) is 15.0. The van der Waals surface area contributed by atoms with Crippen LogP contribution in [0.2, 0.25) is 0 Å². The quantitative estimate of drug-likeness (QED) is 0.850. The zero-order chi connectivity index (χ0) is 14.8. The summed E-state index contributed by atoms with van der Waals surface area (Å²) in [6.07, 6.45) is 0.747. The van der Waals surface area contributed by atoms with E-state index in [9.17, 15) is 8.42 Å². The van der Waals surface area contributed by atoms with Crippen LogP contribution >= 0.6 is 0 Å². The molecule has 20 heavy (non-hydrogen) atoms. The van der Waals surface area contributed by atoms with Gasteiger partial charge in [0, 0.05) is 13.1 Å². The molecule has 5 nitrogen and oxygen atoms in total. The summed E-state index contributed by atoms with van der Waals surface area (Å²) in [4.78, 5) is 0.241. The Hall–Kier alpha value is -1.42. The van der Waals surface area contributed by atoms with E-state index in [1.165, 1.54) is 10.4 Å². The summed E-state index contributed by atoms with van der Waals surface area (Å²) in [5.41, 5.74) is 1.17. The number of rotatable bonds is 3. The second-order valence-electron chi connectivity index (χ2n) is 4.85. The molecule has 1 saturated heterocycles. The number of hydrogen-bond acceptors (Lipinski definition) is 4. The fraction of sp³-hybridized carbons (Fsp3) is 0.500. The van der Waals surface area contributed by atoms with E-state index in [1.54, 1.807) is 19.1 Å². The molecule has 1 aromatic rings. The maximum atomic E-state index is 12.6. The number of nitriles is 1. The predicted octanol–water partition coefficient (Wildman–Crippen LogP) is 1.67. The maximum absolute atomic E-state index is 12.6. The number of benzene rings is 1. The van der Waals surface area contributed by atoms with Gasteiger partial charge in [0.1, 0.15) is 0 Å². The molecule has 0 aliphatic carbocycles. The minimum Gasteiger partial charge on any atom is -0.375 e. The molecule has 0 saturated carbocycles. The largest absolute Gasteiger partial charge is 0.375 e. The van der Waals surface area contributed by atoms with Gasteiger partial charge in [-0.2, -0.15) is 9.57 Å². The minimum atomic E-state index is -3.51. The molecule has 108 valence electrons. The van der Waals surface area contributed by atoms with E-state index in [0.29, 0.717) is 30.8 Å². The van der Waals surface area contributed by atoms with Crippen molar-refractivity contribution < 1.29 is 13.2 Å². The van der Waals surface area contributed by atoms with Crippen molar-refractivity contribution in [2.45, 2.75) is 31.3 Å². The van der Waals surface area contributed by atoms with Gasteiger partial charge in [-0.15, -0.1) is 0 Å². The molecule has 2 rings (SSSR count). The van der Waals surface area contributed by atoms with Crippen molar-refractivity contribution in [2.24, 2.45) is 0 Å². The summed E-state index contributed by atoms with van der Waals surface area (Å²) in [7, 11) is -3.51. The highest BCUT2D eigenvalue weighted by Crippen LogP contribution is 2.21. The topological polar surface area (TPSA) is 70.4 Å². The number of ether oxygens (including phenoxy) is 1. The van der Waals surface area contributed by atoms with Gasteiger partial charge >= 0.3 is 0 Å². The van der Waals surface area contributed by atoms with Crippen LogP contribution in [0.1, 0.15) is 24.5 Å².